The van der Waals surface area contributed by atoms with Gasteiger partial charge in [0.15, 0.2) is 0 Å². The summed E-state index contributed by atoms with van der Waals surface area (Å²) in [6.07, 6.45) is 1.50. The van der Waals surface area contributed by atoms with Crippen molar-refractivity contribution in [1.29, 1.82) is 5.26 Å². The molecule has 0 radical (unpaired) electrons. The summed E-state index contributed by atoms with van der Waals surface area (Å²) in [4.78, 5) is 13.8. The van der Waals surface area contributed by atoms with Gasteiger partial charge in [-0.05, 0) is 25.5 Å². The van der Waals surface area contributed by atoms with Crippen molar-refractivity contribution in [2.24, 2.45) is 0 Å². The van der Waals surface area contributed by atoms with Crippen molar-refractivity contribution in [1.82, 2.24) is 0 Å². The molecule has 0 atom stereocenters. The van der Waals surface area contributed by atoms with E-state index in [0.717, 1.165) is 5.69 Å². The van der Waals surface area contributed by atoms with E-state index in [0.29, 0.717) is 39.0 Å². The lowest BCUT2D eigenvalue weighted by Gasteiger charge is -2.21. The van der Waals surface area contributed by atoms with Gasteiger partial charge in [-0.3, -0.25) is 4.79 Å². The van der Waals surface area contributed by atoms with Crippen LogP contribution in [0.15, 0.2) is 30.3 Å². The Bertz CT molecular complexity index is 412. The fourth-order valence-corrected chi connectivity index (χ4v) is 1.77. The van der Waals surface area contributed by atoms with Crippen LogP contribution in [-0.4, -0.2) is 25.7 Å². The summed E-state index contributed by atoms with van der Waals surface area (Å²) in [5, 5.41) is 8.68. The summed E-state index contributed by atoms with van der Waals surface area (Å²) in [6, 6.07) is 11.5. The number of carbonyl (C=O) groups excluding carboxylic acids is 1. The number of anilines is 1. The maximum Gasteiger partial charge on any atom is 0.227 e. The molecule has 0 N–H and O–H groups in total. The second-order valence-corrected chi connectivity index (χ2v) is 4.09. The molecule has 1 aromatic rings. The highest BCUT2D eigenvalue weighted by molar-refractivity contribution is 5.93. The molecule has 0 aliphatic heterocycles. The quantitative estimate of drug-likeness (QED) is 0.675. The van der Waals surface area contributed by atoms with Gasteiger partial charge in [0.2, 0.25) is 5.91 Å². The molecule has 1 amide bonds. The number of ether oxygens (including phenoxy) is 1. The molecular formula is C15H20N2O2. The Morgan fingerprint density at radius 2 is 2.11 bits per heavy atom. The molecule has 4 heteroatoms. The smallest absolute Gasteiger partial charge is 0.227 e. The number of hydrogen-bond acceptors (Lipinski definition) is 3. The van der Waals surface area contributed by atoms with Crippen LogP contribution in [0.4, 0.5) is 5.69 Å². The van der Waals surface area contributed by atoms with Crippen LogP contribution in [-0.2, 0) is 9.53 Å². The van der Waals surface area contributed by atoms with Gasteiger partial charge in [-0.25, -0.2) is 0 Å². The highest BCUT2D eigenvalue weighted by Gasteiger charge is 2.14. The molecule has 0 heterocycles. The standard InChI is InChI=1S/C15H20N2O2/c1-2-19-13-6-10-15(18)17(12-7-11-16)14-8-4-3-5-9-14/h3-5,8-9H,2,6-7,10,12-13H2,1H3. The predicted molar refractivity (Wildman–Crippen MR) is 74.8 cm³/mol. The second kappa shape index (κ2) is 9.12. The molecule has 0 aromatic heterocycles. The molecule has 0 saturated carbocycles. The molecule has 0 bridgehead atoms. The molecule has 0 saturated heterocycles. The molecule has 0 aliphatic carbocycles. The number of benzene rings is 1. The Kier molecular flexibility index (Phi) is 7.30. The third kappa shape index (κ3) is 5.54. The van der Waals surface area contributed by atoms with E-state index in [1.807, 2.05) is 37.3 Å². The first kappa shape index (κ1) is 15.2. The molecule has 0 fully saturated rings. The zero-order valence-corrected chi connectivity index (χ0v) is 11.3. The maximum atomic E-state index is 12.2. The van der Waals surface area contributed by atoms with Crippen molar-refractivity contribution < 1.29 is 9.53 Å². The van der Waals surface area contributed by atoms with Crippen molar-refractivity contribution in [3.63, 3.8) is 0 Å². The fourth-order valence-electron chi connectivity index (χ4n) is 1.77. The zero-order chi connectivity index (χ0) is 13.9. The molecule has 0 aliphatic rings. The molecule has 1 aromatic carbocycles. The summed E-state index contributed by atoms with van der Waals surface area (Å²) in [5.41, 5.74) is 0.846. The Morgan fingerprint density at radius 1 is 1.37 bits per heavy atom. The van der Waals surface area contributed by atoms with Gasteiger partial charge in [-0.1, -0.05) is 18.2 Å². The Labute approximate surface area is 114 Å². The van der Waals surface area contributed by atoms with E-state index in [1.165, 1.54) is 0 Å². The highest BCUT2D eigenvalue weighted by atomic mass is 16.5. The van der Waals surface area contributed by atoms with E-state index in [2.05, 4.69) is 6.07 Å². The minimum atomic E-state index is 0.0427. The third-order valence-corrected chi connectivity index (χ3v) is 2.70. The number of hydrogen-bond donors (Lipinski definition) is 0. The van der Waals surface area contributed by atoms with Crippen molar-refractivity contribution in [2.45, 2.75) is 26.2 Å². The van der Waals surface area contributed by atoms with Crippen LogP contribution in [0.2, 0.25) is 0 Å². The molecule has 0 spiro atoms. The normalized spacial score (nSPS) is 9.89. The van der Waals surface area contributed by atoms with Gasteiger partial charge >= 0.3 is 0 Å². The van der Waals surface area contributed by atoms with Crippen LogP contribution >= 0.6 is 0 Å². The van der Waals surface area contributed by atoms with Gasteiger partial charge in [0.25, 0.3) is 0 Å². The largest absolute Gasteiger partial charge is 0.382 e. The minimum Gasteiger partial charge on any atom is -0.382 e. The third-order valence-electron chi connectivity index (χ3n) is 2.70. The van der Waals surface area contributed by atoms with E-state index in [1.54, 1.807) is 4.90 Å². The molecule has 0 unspecified atom stereocenters. The number of rotatable bonds is 8. The van der Waals surface area contributed by atoms with Crippen molar-refractivity contribution in [3.05, 3.63) is 30.3 Å². The van der Waals surface area contributed by atoms with Gasteiger partial charge in [-0.15, -0.1) is 0 Å². The Balaban J connectivity index is 2.59. The van der Waals surface area contributed by atoms with E-state index >= 15 is 0 Å². The van der Waals surface area contributed by atoms with Crippen molar-refractivity contribution in [2.75, 3.05) is 24.7 Å². The number of nitriles is 1. The number of nitrogens with zero attached hydrogens (tertiary/aromatic N) is 2. The van der Waals surface area contributed by atoms with Gasteiger partial charge in [0.05, 0.1) is 12.5 Å². The molecule has 1 rings (SSSR count). The summed E-state index contributed by atoms with van der Waals surface area (Å²) >= 11 is 0. The van der Waals surface area contributed by atoms with Crippen LogP contribution in [0.1, 0.15) is 26.2 Å². The van der Waals surface area contributed by atoms with Gasteiger partial charge in [-0.2, -0.15) is 5.26 Å². The van der Waals surface area contributed by atoms with Gasteiger partial charge < -0.3 is 9.64 Å². The summed E-state index contributed by atoms with van der Waals surface area (Å²) in [6.45, 7) is 3.65. The summed E-state index contributed by atoms with van der Waals surface area (Å²) in [7, 11) is 0. The van der Waals surface area contributed by atoms with E-state index in [-0.39, 0.29) is 5.91 Å². The molecule has 4 nitrogen and oxygen atoms in total. The molecule has 102 valence electrons. The average molecular weight is 260 g/mol. The first-order valence-electron chi connectivity index (χ1n) is 6.59. The lowest BCUT2D eigenvalue weighted by Crippen LogP contribution is -2.31. The van der Waals surface area contributed by atoms with Crippen molar-refractivity contribution >= 4 is 11.6 Å². The monoisotopic (exact) mass is 260 g/mol. The average Bonchev–Trinajstić information content (AvgIpc) is 2.45. The molecular weight excluding hydrogens is 240 g/mol. The number of carbonyl (C=O) groups is 1. The van der Waals surface area contributed by atoms with Crippen LogP contribution < -0.4 is 4.90 Å². The van der Waals surface area contributed by atoms with Crippen LogP contribution in [0.5, 0.6) is 0 Å². The van der Waals surface area contributed by atoms with Gasteiger partial charge in [0.1, 0.15) is 0 Å². The van der Waals surface area contributed by atoms with Crippen LogP contribution in [0, 0.1) is 11.3 Å². The van der Waals surface area contributed by atoms with E-state index in [9.17, 15) is 4.79 Å². The van der Waals surface area contributed by atoms with Gasteiger partial charge in [0, 0.05) is 31.9 Å². The van der Waals surface area contributed by atoms with Crippen molar-refractivity contribution in [3.8, 4) is 6.07 Å². The van der Waals surface area contributed by atoms with Crippen LogP contribution in [0.3, 0.4) is 0 Å². The minimum absolute atomic E-state index is 0.0427. The lowest BCUT2D eigenvalue weighted by molar-refractivity contribution is -0.118. The SMILES string of the molecule is CCOCCCC(=O)N(CCC#N)c1ccccc1. The first-order chi connectivity index (χ1) is 9.29. The number of para-hydroxylation sites is 1. The highest BCUT2D eigenvalue weighted by Crippen LogP contribution is 2.15. The van der Waals surface area contributed by atoms with Crippen LogP contribution in [0.25, 0.3) is 0 Å². The Hall–Kier alpha value is -1.86. The summed E-state index contributed by atoms with van der Waals surface area (Å²) < 4.78 is 5.23. The summed E-state index contributed by atoms with van der Waals surface area (Å²) in [5.74, 6) is 0.0427. The maximum absolute atomic E-state index is 12.2. The number of amides is 1. The van der Waals surface area contributed by atoms with E-state index < -0.39 is 0 Å². The topological polar surface area (TPSA) is 53.3 Å². The second-order valence-electron chi connectivity index (χ2n) is 4.09. The van der Waals surface area contributed by atoms with E-state index in [4.69, 9.17) is 10.00 Å². The first-order valence-corrected chi connectivity index (χ1v) is 6.59. The Morgan fingerprint density at radius 3 is 2.74 bits per heavy atom. The lowest BCUT2D eigenvalue weighted by atomic mass is 10.2. The molecule has 19 heavy (non-hydrogen) atoms. The predicted octanol–water partition coefficient (Wildman–Crippen LogP) is 2.75. The fraction of sp³-hybridized carbons (Fsp3) is 0.467. The zero-order valence-electron chi connectivity index (χ0n) is 11.3.